The van der Waals surface area contributed by atoms with E-state index in [0.717, 1.165) is 33.5 Å². The molecule has 0 radical (unpaired) electrons. The summed E-state index contributed by atoms with van der Waals surface area (Å²) >= 11 is 0. The van der Waals surface area contributed by atoms with Crippen LogP contribution >= 0.6 is 0 Å². The molecular formula is C24H26N4O. The van der Waals surface area contributed by atoms with Crippen molar-refractivity contribution >= 4 is 22.6 Å². The van der Waals surface area contributed by atoms with Crippen LogP contribution < -0.4 is 5.32 Å². The highest BCUT2D eigenvalue weighted by Crippen LogP contribution is 2.25. The molecule has 4 rings (SSSR count). The Morgan fingerprint density at radius 3 is 2.55 bits per heavy atom. The minimum absolute atomic E-state index is 0.0515. The van der Waals surface area contributed by atoms with E-state index in [2.05, 4.69) is 43.2 Å². The molecule has 4 aromatic rings. The molecule has 2 aromatic carbocycles. The van der Waals surface area contributed by atoms with Crippen molar-refractivity contribution in [2.24, 2.45) is 0 Å². The van der Waals surface area contributed by atoms with Gasteiger partial charge in [-0.3, -0.25) is 4.79 Å². The van der Waals surface area contributed by atoms with Crippen LogP contribution in [0.25, 0.3) is 10.9 Å². The van der Waals surface area contributed by atoms with Gasteiger partial charge in [0.15, 0.2) is 0 Å². The van der Waals surface area contributed by atoms with Gasteiger partial charge in [0.2, 0.25) is 5.91 Å². The van der Waals surface area contributed by atoms with Gasteiger partial charge >= 0.3 is 0 Å². The largest absolute Gasteiger partial charge is 0.361 e. The normalized spacial score (nSPS) is 11.7. The highest BCUT2D eigenvalue weighted by molar-refractivity contribution is 5.95. The average molecular weight is 386 g/mol. The van der Waals surface area contributed by atoms with Crippen molar-refractivity contribution < 1.29 is 4.79 Å². The summed E-state index contributed by atoms with van der Waals surface area (Å²) < 4.78 is 1.88. The van der Waals surface area contributed by atoms with Gasteiger partial charge < -0.3 is 10.3 Å². The van der Waals surface area contributed by atoms with Gasteiger partial charge in [0, 0.05) is 28.6 Å². The third-order valence-corrected chi connectivity index (χ3v) is 5.02. The zero-order valence-electron chi connectivity index (χ0n) is 17.1. The van der Waals surface area contributed by atoms with Gasteiger partial charge in [-0.15, -0.1) is 0 Å². The van der Waals surface area contributed by atoms with Gasteiger partial charge in [-0.05, 0) is 17.2 Å². The van der Waals surface area contributed by atoms with Crippen LogP contribution in [0, 0.1) is 0 Å². The Morgan fingerprint density at radius 2 is 1.79 bits per heavy atom. The average Bonchev–Trinajstić information content (AvgIpc) is 3.27. The third kappa shape index (κ3) is 4.24. The second-order valence-corrected chi connectivity index (χ2v) is 8.39. The van der Waals surface area contributed by atoms with Gasteiger partial charge in [0.05, 0.1) is 18.7 Å². The first-order valence-electron chi connectivity index (χ1n) is 9.87. The molecule has 0 saturated carbocycles. The van der Waals surface area contributed by atoms with Gasteiger partial charge in [0.25, 0.3) is 0 Å². The number of hydrogen-bond donors (Lipinski definition) is 2. The molecular weight excluding hydrogens is 360 g/mol. The summed E-state index contributed by atoms with van der Waals surface area (Å²) in [7, 11) is 0. The van der Waals surface area contributed by atoms with Crippen LogP contribution in [0.2, 0.25) is 0 Å². The zero-order valence-corrected chi connectivity index (χ0v) is 17.1. The SMILES string of the molecule is CC(C)(C)c1cc(NC(=O)Cc2c[nH]c3ccccc23)n(Cc2ccccc2)n1. The van der Waals surface area contributed by atoms with Gasteiger partial charge in [-0.2, -0.15) is 5.10 Å². The van der Waals surface area contributed by atoms with E-state index in [1.807, 2.05) is 59.4 Å². The van der Waals surface area contributed by atoms with Crippen LogP contribution in [0.4, 0.5) is 5.82 Å². The van der Waals surface area contributed by atoms with Crippen LogP contribution in [0.15, 0.2) is 66.9 Å². The Balaban J connectivity index is 1.58. The Bertz CT molecular complexity index is 1130. The maximum atomic E-state index is 12.8. The highest BCUT2D eigenvalue weighted by Gasteiger charge is 2.21. The fraction of sp³-hybridized carbons (Fsp3) is 0.250. The van der Waals surface area contributed by atoms with Crippen LogP contribution in [0.1, 0.15) is 37.6 Å². The van der Waals surface area contributed by atoms with Crippen LogP contribution in [-0.2, 0) is 23.2 Å². The molecule has 5 heteroatoms. The van der Waals surface area contributed by atoms with Crippen LogP contribution in [0.5, 0.6) is 0 Å². The number of nitrogens with zero attached hydrogens (tertiary/aromatic N) is 2. The molecule has 0 atom stereocenters. The number of H-pyrrole nitrogens is 1. The monoisotopic (exact) mass is 386 g/mol. The van der Waals surface area contributed by atoms with E-state index in [1.165, 1.54) is 0 Å². The van der Waals surface area contributed by atoms with Crippen LogP contribution in [0.3, 0.4) is 0 Å². The van der Waals surface area contributed by atoms with Crippen molar-refractivity contribution in [3.8, 4) is 0 Å². The predicted molar refractivity (Wildman–Crippen MR) is 117 cm³/mol. The Labute approximate surface area is 170 Å². The fourth-order valence-corrected chi connectivity index (χ4v) is 3.40. The molecule has 0 aliphatic carbocycles. The molecule has 5 nitrogen and oxygen atoms in total. The molecule has 0 saturated heterocycles. The van der Waals surface area contributed by atoms with E-state index < -0.39 is 0 Å². The van der Waals surface area contributed by atoms with E-state index >= 15 is 0 Å². The molecule has 2 N–H and O–H groups in total. The van der Waals surface area contributed by atoms with E-state index in [1.54, 1.807) is 0 Å². The summed E-state index contributed by atoms with van der Waals surface area (Å²) in [6.45, 7) is 6.98. The number of rotatable bonds is 5. The van der Waals surface area contributed by atoms with E-state index in [9.17, 15) is 4.79 Å². The molecule has 0 aliphatic heterocycles. The van der Waals surface area contributed by atoms with E-state index in [4.69, 9.17) is 5.10 Å². The summed E-state index contributed by atoms with van der Waals surface area (Å²) in [4.78, 5) is 16.0. The lowest BCUT2D eigenvalue weighted by Gasteiger charge is -2.14. The molecule has 0 spiro atoms. The standard InChI is InChI=1S/C24H26N4O/c1-24(2,3)21-14-22(28(27-21)16-17-9-5-4-6-10-17)26-23(29)13-18-15-25-20-12-8-7-11-19(18)20/h4-12,14-15,25H,13,16H2,1-3H3,(H,26,29). The summed E-state index contributed by atoms with van der Waals surface area (Å²) in [5.41, 5.74) is 4.03. The number of aromatic nitrogens is 3. The summed E-state index contributed by atoms with van der Waals surface area (Å²) in [5, 5.41) is 8.93. The minimum Gasteiger partial charge on any atom is -0.361 e. The Kier molecular flexibility index (Phi) is 4.97. The molecule has 0 fully saturated rings. The molecule has 2 aromatic heterocycles. The lowest BCUT2D eigenvalue weighted by atomic mass is 9.92. The number of aromatic amines is 1. The second kappa shape index (κ2) is 7.59. The summed E-state index contributed by atoms with van der Waals surface area (Å²) in [6.07, 6.45) is 2.22. The van der Waals surface area contributed by atoms with Crippen molar-refractivity contribution in [2.75, 3.05) is 5.32 Å². The number of nitrogens with one attached hydrogen (secondary N) is 2. The fourth-order valence-electron chi connectivity index (χ4n) is 3.40. The number of benzene rings is 2. The predicted octanol–water partition coefficient (Wildman–Crippen LogP) is 4.89. The van der Waals surface area contributed by atoms with Crippen molar-refractivity contribution in [3.63, 3.8) is 0 Å². The molecule has 0 bridgehead atoms. The minimum atomic E-state index is -0.0990. The van der Waals surface area contributed by atoms with Crippen LogP contribution in [-0.4, -0.2) is 20.7 Å². The number of fused-ring (bicyclic) bond motifs is 1. The Morgan fingerprint density at radius 1 is 1.07 bits per heavy atom. The lowest BCUT2D eigenvalue weighted by molar-refractivity contribution is -0.115. The molecule has 29 heavy (non-hydrogen) atoms. The second-order valence-electron chi connectivity index (χ2n) is 8.39. The summed E-state index contributed by atoms with van der Waals surface area (Å²) in [6, 6.07) is 20.2. The number of carbonyl (C=O) groups excluding carboxylic acids is 1. The molecule has 0 aliphatic rings. The lowest BCUT2D eigenvalue weighted by Crippen LogP contribution is -2.18. The van der Waals surface area contributed by atoms with E-state index in [0.29, 0.717) is 13.0 Å². The maximum absolute atomic E-state index is 12.8. The smallest absolute Gasteiger partial charge is 0.230 e. The molecule has 2 heterocycles. The zero-order chi connectivity index (χ0) is 20.4. The number of para-hydroxylation sites is 1. The molecule has 1 amide bonds. The number of anilines is 1. The van der Waals surface area contributed by atoms with Crippen molar-refractivity contribution in [1.82, 2.24) is 14.8 Å². The first-order chi connectivity index (χ1) is 13.9. The third-order valence-electron chi connectivity index (χ3n) is 5.02. The molecule has 148 valence electrons. The first kappa shape index (κ1) is 19.0. The quantitative estimate of drug-likeness (QED) is 0.513. The number of amides is 1. The maximum Gasteiger partial charge on any atom is 0.230 e. The number of carbonyl (C=O) groups is 1. The molecule has 0 unspecified atom stereocenters. The van der Waals surface area contributed by atoms with Crippen molar-refractivity contribution in [1.29, 1.82) is 0 Å². The van der Waals surface area contributed by atoms with Gasteiger partial charge in [-0.25, -0.2) is 4.68 Å². The summed E-state index contributed by atoms with van der Waals surface area (Å²) in [5.74, 6) is 0.674. The van der Waals surface area contributed by atoms with Gasteiger partial charge in [-0.1, -0.05) is 69.3 Å². The topological polar surface area (TPSA) is 62.7 Å². The van der Waals surface area contributed by atoms with Crippen molar-refractivity contribution in [2.45, 2.75) is 39.2 Å². The highest BCUT2D eigenvalue weighted by atomic mass is 16.1. The Hall–Kier alpha value is -3.34. The van der Waals surface area contributed by atoms with Gasteiger partial charge in [0.1, 0.15) is 5.82 Å². The van der Waals surface area contributed by atoms with E-state index in [-0.39, 0.29) is 11.3 Å². The van der Waals surface area contributed by atoms with Crippen molar-refractivity contribution in [3.05, 3.63) is 83.7 Å². The first-order valence-corrected chi connectivity index (χ1v) is 9.87. The number of hydrogen-bond acceptors (Lipinski definition) is 2.